The zero-order valence-corrected chi connectivity index (χ0v) is 18.7. The minimum absolute atomic E-state index is 0.272. The van der Waals surface area contributed by atoms with Crippen LogP contribution in [0, 0.1) is 12.7 Å². The SMILES string of the molecule is Cc1ccc([C@@H]2[C@H](NC(=O)c3ccc(F)cc3)C([O-])=N/[N+]2=C\c2ccc(N(C)C)cc2)cc1. The highest BCUT2D eigenvalue weighted by molar-refractivity contribution is 5.97. The Morgan fingerprint density at radius 3 is 2.27 bits per heavy atom. The van der Waals surface area contributed by atoms with Gasteiger partial charge in [-0.1, -0.05) is 34.5 Å². The van der Waals surface area contributed by atoms with E-state index in [1.54, 1.807) is 10.9 Å². The van der Waals surface area contributed by atoms with E-state index in [-0.39, 0.29) is 5.56 Å². The number of benzene rings is 3. The summed E-state index contributed by atoms with van der Waals surface area (Å²) in [5.74, 6) is -1.34. The number of nitrogens with zero attached hydrogens (tertiary/aromatic N) is 3. The van der Waals surface area contributed by atoms with Gasteiger partial charge in [-0.3, -0.25) is 4.79 Å². The molecule has 0 bridgehead atoms. The van der Waals surface area contributed by atoms with Gasteiger partial charge in [-0.15, -0.1) is 0 Å². The minimum Gasteiger partial charge on any atom is -0.856 e. The molecule has 4 rings (SSSR count). The number of hydrogen-bond donors (Lipinski definition) is 1. The van der Waals surface area contributed by atoms with Gasteiger partial charge in [0.15, 0.2) is 0 Å². The molecule has 0 aromatic heterocycles. The molecule has 1 heterocycles. The van der Waals surface area contributed by atoms with Crippen LogP contribution in [0.25, 0.3) is 0 Å². The third-order valence-electron chi connectivity index (χ3n) is 5.58. The van der Waals surface area contributed by atoms with Crippen LogP contribution in [0.5, 0.6) is 0 Å². The van der Waals surface area contributed by atoms with Crippen LogP contribution >= 0.6 is 0 Å². The van der Waals surface area contributed by atoms with Crippen LogP contribution in [0.2, 0.25) is 0 Å². The maximum atomic E-state index is 13.2. The topological polar surface area (TPSA) is 70.8 Å². The molecular weight excluding hydrogens is 419 g/mol. The standard InChI is InChI=1S/C26H25FN4O2/c1-17-4-8-19(9-5-17)24-23(28-25(32)20-10-12-21(27)13-11-20)26(33)29-31(24)16-18-6-14-22(15-7-18)30(2)3/h4-16,23-24H,1-3H3,(H-,28,29,32,33)/t23-,24+/m0/s1. The second-order valence-corrected chi connectivity index (χ2v) is 8.25. The van der Waals surface area contributed by atoms with Gasteiger partial charge in [0, 0.05) is 36.5 Å². The highest BCUT2D eigenvalue weighted by Gasteiger charge is 2.41. The highest BCUT2D eigenvalue weighted by Crippen LogP contribution is 2.27. The highest BCUT2D eigenvalue weighted by atomic mass is 19.1. The minimum atomic E-state index is -0.887. The summed E-state index contributed by atoms with van der Waals surface area (Å²) in [5, 5.41) is 19.9. The van der Waals surface area contributed by atoms with Gasteiger partial charge in [-0.2, -0.15) is 0 Å². The Hall–Kier alpha value is -4.00. The summed E-state index contributed by atoms with van der Waals surface area (Å²) in [6.07, 6.45) is 1.80. The molecule has 0 aliphatic carbocycles. The first-order chi connectivity index (χ1) is 15.8. The number of carbonyl (C=O) groups is 1. The zero-order valence-electron chi connectivity index (χ0n) is 18.7. The summed E-state index contributed by atoms with van der Waals surface area (Å²) in [4.78, 5) is 14.8. The molecule has 0 unspecified atom stereocenters. The van der Waals surface area contributed by atoms with Gasteiger partial charge in [0.05, 0.1) is 5.90 Å². The maximum absolute atomic E-state index is 13.2. The van der Waals surface area contributed by atoms with E-state index in [4.69, 9.17) is 0 Å². The fourth-order valence-corrected chi connectivity index (χ4v) is 3.72. The molecule has 7 heteroatoms. The van der Waals surface area contributed by atoms with Crippen LogP contribution in [0.3, 0.4) is 0 Å². The molecule has 168 valence electrons. The lowest BCUT2D eigenvalue weighted by Crippen LogP contribution is -2.47. The monoisotopic (exact) mass is 444 g/mol. The average molecular weight is 445 g/mol. The van der Waals surface area contributed by atoms with E-state index in [1.807, 2.05) is 74.4 Å². The van der Waals surface area contributed by atoms with Gasteiger partial charge in [0.1, 0.15) is 11.9 Å². The number of carbonyl (C=O) groups excluding carboxylic acids is 1. The van der Waals surface area contributed by atoms with Gasteiger partial charge in [-0.25, -0.2) is 4.39 Å². The van der Waals surface area contributed by atoms with Crippen LogP contribution in [0.15, 0.2) is 77.9 Å². The van der Waals surface area contributed by atoms with E-state index < -0.39 is 29.7 Å². The normalized spacial score (nSPS) is 18.8. The number of rotatable bonds is 5. The first-order valence-corrected chi connectivity index (χ1v) is 10.6. The first-order valence-electron chi connectivity index (χ1n) is 10.6. The lowest BCUT2D eigenvalue weighted by atomic mass is 9.98. The third kappa shape index (κ3) is 4.92. The number of hydrazone groups is 1. The Morgan fingerprint density at radius 1 is 1.03 bits per heavy atom. The van der Waals surface area contributed by atoms with E-state index in [0.717, 1.165) is 22.4 Å². The van der Waals surface area contributed by atoms with Crippen LogP contribution < -0.4 is 15.3 Å². The van der Waals surface area contributed by atoms with E-state index in [9.17, 15) is 14.3 Å². The van der Waals surface area contributed by atoms with Crippen LogP contribution in [0.4, 0.5) is 10.1 Å². The van der Waals surface area contributed by atoms with Gasteiger partial charge < -0.3 is 15.3 Å². The molecule has 0 radical (unpaired) electrons. The Labute approximate surface area is 192 Å². The van der Waals surface area contributed by atoms with Crippen molar-refractivity contribution in [3.05, 3.63) is 101 Å². The Bertz CT molecular complexity index is 1200. The number of anilines is 1. The lowest BCUT2D eigenvalue weighted by Gasteiger charge is -2.20. The number of aryl methyl sites for hydroxylation is 1. The largest absolute Gasteiger partial charge is 0.856 e. The number of nitrogens with one attached hydrogen (secondary N) is 1. The van der Waals surface area contributed by atoms with Gasteiger partial charge >= 0.3 is 0 Å². The fourth-order valence-electron chi connectivity index (χ4n) is 3.72. The van der Waals surface area contributed by atoms with E-state index in [2.05, 4.69) is 10.4 Å². The molecule has 0 spiro atoms. The van der Waals surface area contributed by atoms with E-state index >= 15 is 0 Å². The van der Waals surface area contributed by atoms with Crippen molar-refractivity contribution in [2.24, 2.45) is 5.10 Å². The molecule has 1 N–H and O–H groups in total. The fraction of sp³-hybridized carbons (Fsp3) is 0.192. The Kier molecular flexibility index (Phi) is 6.22. The van der Waals surface area contributed by atoms with Crippen LogP contribution in [-0.2, 0) is 0 Å². The van der Waals surface area contributed by atoms with Gasteiger partial charge in [-0.05, 0) is 60.6 Å². The molecule has 3 aromatic rings. The summed E-state index contributed by atoms with van der Waals surface area (Å²) in [6, 6.07) is 19.4. The molecule has 33 heavy (non-hydrogen) atoms. The number of halogens is 1. The van der Waals surface area contributed by atoms with Gasteiger partial charge in [0.25, 0.3) is 5.91 Å². The summed E-state index contributed by atoms with van der Waals surface area (Å²) in [7, 11) is 3.93. The second kappa shape index (κ2) is 9.24. The zero-order chi connectivity index (χ0) is 23.5. The summed E-state index contributed by atoms with van der Waals surface area (Å²) >= 11 is 0. The molecular formula is C26H25FN4O2. The van der Waals surface area contributed by atoms with Crippen molar-refractivity contribution >= 4 is 23.7 Å². The van der Waals surface area contributed by atoms with E-state index in [0.29, 0.717) is 0 Å². The van der Waals surface area contributed by atoms with Gasteiger partial charge in [0.2, 0.25) is 12.3 Å². The van der Waals surface area contributed by atoms with Crippen LogP contribution in [0.1, 0.15) is 33.1 Å². The molecule has 0 fully saturated rings. The first kappa shape index (κ1) is 22.2. The number of hydrogen-bond acceptors (Lipinski definition) is 4. The predicted octanol–water partition coefficient (Wildman–Crippen LogP) is 2.86. The van der Waals surface area contributed by atoms with Crippen molar-refractivity contribution in [2.45, 2.75) is 19.0 Å². The Balaban J connectivity index is 1.68. The van der Waals surface area contributed by atoms with Crippen molar-refractivity contribution in [1.29, 1.82) is 0 Å². The third-order valence-corrected chi connectivity index (χ3v) is 5.58. The number of amides is 1. The Morgan fingerprint density at radius 2 is 1.67 bits per heavy atom. The maximum Gasteiger partial charge on any atom is 0.252 e. The van der Waals surface area contributed by atoms with Crippen molar-refractivity contribution in [3.8, 4) is 0 Å². The quantitative estimate of drug-likeness (QED) is 0.616. The van der Waals surface area contributed by atoms with Crippen molar-refractivity contribution in [1.82, 2.24) is 5.32 Å². The van der Waals surface area contributed by atoms with Crippen LogP contribution in [-0.4, -0.2) is 42.8 Å². The molecule has 1 aliphatic heterocycles. The molecule has 2 atom stereocenters. The summed E-state index contributed by atoms with van der Waals surface area (Å²) in [5.41, 5.74) is 4.14. The molecule has 1 amide bonds. The molecule has 6 nitrogen and oxygen atoms in total. The average Bonchev–Trinajstić information content (AvgIpc) is 3.09. The van der Waals surface area contributed by atoms with E-state index in [1.165, 1.54) is 24.3 Å². The predicted molar refractivity (Wildman–Crippen MR) is 125 cm³/mol. The smallest absolute Gasteiger partial charge is 0.252 e. The summed E-state index contributed by atoms with van der Waals surface area (Å²) in [6.45, 7) is 1.98. The lowest BCUT2D eigenvalue weighted by molar-refractivity contribution is -0.565. The molecule has 0 saturated heterocycles. The molecule has 1 aliphatic rings. The van der Waals surface area contributed by atoms with Crippen molar-refractivity contribution < 1.29 is 19.0 Å². The van der Waals surface area contributed by atoms with Crippen molar-refractivity contribution in [3.63, 3.8) is 0 Å². The molecule has 3 aromatic carbocycles. The summed E-state index contributed by atoms with van der Waals surface area (Å²) < 4.78 is 14.9. The van der Waals surface area contributed by atoms with Crippen molar-refractivity contribution in [2.75, 3.05) is 19.0 Å². The molecule has 0 saturated carbocycles. The second-order valence-electron chi connectivity index (χ2n) is 8.25.